The zero-order valence-electron chi connectivity index (χ0n) is 9.53. The molecule has 1 aliphatic rings. The highest BCUT2D eigenvalue weighted by Gasteiger charge is 2.35. The van der Waals surface area contributed by atoms with Crippen LogP contribution in [0, 0.1) is 0 Å². The number of rotatable bonds is 2. The molecule has 0 saturated heterocycles. The number of alkyl halides is 1. The first-order chi connectivity index (χ1) is 6.91. The molecule has 1 aliphatic carbocycles. The van der Waals surface area contributed by atoms with Gasteiger partial charge in [-0.25, -0.2) is 8.78 Å². The van der Waals surface area contributed by atoms with E-state index in [-0.39, 0.29) is 0 Å². The van der Waals surface area contributed by atoms with Gasteiger partial charge in [-0.05, 0) is 37.5 Å². The zero-order valence-corrected chi connectivity index (χ0v) is 9.53. The van der Waals surface area contributed by atoms with E-state index >= 15 is 0 Å². The summed E-state index contributed by atoms with van der Waals surface area (Å²) in [7, 11) is 1.38. The first kappa shape index (κ1) is 12.1. The molecule has 0 spiro atoms. The number of allylic oxidation sites excluding steroid dienone is 2. The molecule has 0 radical (unpaired) electrons. The second-order valence-electron chi connectivity index (χ2n) is 3.85. The van der Waals surface area contributed by atoms with Gasteiger partial charge in [0.05, 0.1) is 0 Å². The van der Waals surface area contributed by atoms with Gasteiger partial charge in [0.25, 0.3) is 0 Å². The summed E-state index contributed by atoms with van der Waals surface area (Å²) in [6.45, 7) is 8.88. The maximum atomic E-state index is 13.6. The predicted molar refractivity (Wildman–Crippen MR) is 57.0 cm³/mol. The maximum Gasteiger partial charge on any atom is 0.182 e. The minimum absolute atomic E-state index is 0.355. The number of ether oxygens (including phenoxy) is 1. The van der Waals surface area contributed by atoms with Crippen LogP contribution in [0.4, 0.5) is 8.78 Å². The summed E-state index contributed by atoms with van der Waals surface area (Å²) in [5.41, 5.74) is 2.47. The molecule has 0 aliphatic heterocycles. The summed E-state index contributed by atoms with van der Waals surface area (Å²) in [6.07, 6.45) is -2.59. The standard InChI is InChI=1S/C12H16F2O/c1-6(2)9-7(3)8(4)10(13)11(14)12(9)15-5/h11-12H,1H2,2-5H3. The third-order valence-electron chi connectivity index (χ3n) is 2.83. The highest BCUT2D eigenvalue weighted by molar-refractivity contribution is 5.49. The molecule has 84 valence electrons. The van der Waals surface area contributed by atoms with Crippen molar-refractivity contribution in [2.75, 3.05) is 7.11 Å². The highest BCUT2D eigenvalue weighted by Crippen LogP contribution is 2.37. The Morgan fingerprint density at radius 1 is 1.33 bits per heavy atom. The Bertz CT molecular complexity index is 353. The Balaban J connectivity index is 3.33. The molecule has 0 N–H and O–H groups in total. The van der Waals surface area contributed by atoms with Crippen molar-refractivity contribution >= 4 is 0 Å². The second-order valence-corrected chi connectivity index (χ2v) is 3.85. The van der Waals surface area contributed by atoms with Crippen LogP contribution in [0.25, 0.3) is 0 Å². The monoisotopic (exact) mass is 214 g/mol. The van der Waals surface area contributed by atoms with Crippen LogP contribution in [-0.4, -0.2) is 19.4 Å². The summed E-state index contributed by atoms with van der Waals surface area (Å²) in [6, 6.07) is 0. The molecule has 0 aromatic carbocycles. The Morgan fingerprint density at radius 3 is 2.27 bits per heavy atom. The lowest BCUT2D eigenvalue weighted by Gasteiger charge is -2.29. The third-order valence-corrected chi connectivity index (χ3v) is 2.83. The van der Waals surface area contributed by atoms with E-state index < -0.39 is 18.1 Å². The van der Waals surface area contributed by atoms with Crippen molar-refractivity contribution in [2.24, 2.45) is 0 Å². The lowest BCUT2D eigenvalue weighted by molar-refractivity contribution is 0.0620. The molecule has 15 heavy (non-hydrogen) atoms. The summed E-state index contributed by atoms with van der Waals surface area (Å²) < 4.78 is 32.1. The molecule has 2 unspecified atom stereocenters. The SMILES string of the molecule is C=C(C)C1=C(C)C(C)=C(F)C(F)C1OC. The minimum Gasteiger partial charge on any atom is -0.373 e. The van der Waals surface area contributed by atoms with Crippen molar-refractivity contribution in [1.82, 2.24) is 0 Å². The lowest BCUT2D eigenvalue weighted by Crippen LogP contribution is -2.32. The molecule has 0 amide bonds. The molecule has 0 saturated carbocycles. The van der Waals surface area contributed by atoms with Gasteiger partial charge in [-0.1, -0.05) is 12.2 Å². The van der Waals surface area contributed by atoms with Crippen LogP contribution in [0.5, 0.6) is 0 Å². The van der Waals surface area contributed by atoms with Gasteiger partial charge in [-0.15, -0.1) is 0 Å². The van der Waals surface area contributed by atoms with Crippen molar-refractivity contribution in [3.8, 4) is 0 Å². The molecule has 0 fully saturated rings. The van der Waals surface area contributed by atoms with Gasteiger partial charge in [-0.3, -0.25) is 0 Å². The fourth-order valence-corrected chi connectivity index (χ4v) is 1.88. The number of hydrogen-bond acceptors (Lipinski definition) is 1. The first-order valence-corrected chi connectivity index (χ1v) is 4.82. The highest BCUT2D eigenvalue weighted by atomic mass is 19.2. The van der Waals surface area contributed by atoms with Crippen LogP contribution in [0.3, 0.4) is 0 Å². The van der Waals surface area contributed by atoms with Crippen molar-refractivity contribution in [3.63, 3.8) is 0 Å². The summed E-state index contributed by atoms with van der Waals surface area (Å²) in [5, 5.41) is 0. The van der Waals surface area contributed by atoms with E-state index in [4.69, 9.17) is 4.74 Å². The molecule has 1 rings (SSSR count). The van der Waals surface area contributed by atoms with Crippen LogP contribution >= 0.6 is 0 Å². The van der Waals surface area contributed by atoms with E-state index in [1.165, 1.54) is 7.11 Å². The zero-order chi connectivity index (χ0) is 11.7. The maximum absolute atomic E-state index is 13.6. The van der Waals surface area contributed by atoms with Crippen LogP contribution in [0.15, 0.2) is 34.7 Å². The Hall–Kier alpha value is -0.960. The number of halogens is 2. The van der Waals surface area contributed by atoms with E-state index in [0.717, 1.165) is 5.57 Å². The molecule has 0 aromatic rings. The fraction of sp³-hybridized carbons (Fsp3) is 0.500. The average molecular weight is 214 g/mol. The van der Waals surface area contributed by atoms with E-state index in [0.29, 0.717) is 16.7 Å². The summed E-state index contributed by atoms with van der Waals surface area (Å²) in [4.78, 5) is 0. The topological polar surface area (TPSA) is 9.23 Å². The Kier molecular flexibility index (Phi) is 3.45. The van der Waals surface area contributed by atoms with Gasteiger partial charge in [0, 0.05) is 7.11 Å². The van der Waals surface area contributed by atoms with E-state index in [1.54, 1.807) is 20.8 Å². The van der Waals surface area contributed by atoms with Crippen LogP contribution in [0.2, 0.25) is 0 Å². The Labute approximate surface area is 89.1 Å². The molecule has 0 heterocycles. The molecular weight excluding hydrogens is 198 g/mol. The van der Waals surface area contributed by atoms with Gasteiger partial charge in [0.2, 0.25) is 0 Å². The number of methoxy groups -OCH3 is 1. The predicted octanol–water partition coefficient (Wildman–Crippen LogP) is 3.49. The minimum atomic E-state index is -1.72. The van der Waals surface area contributed by atoms with Crippen molar-refractivity contribution < 1.29 is 13.5 Å². The fourth-order valence-electron chi connectivity index (χ4n) is 1.88. The average Bonchev–Trinajstić information content (AvgIpc) is 2.19. The summed E-state index contributed by atoms with van der Waals surface area (Å²) >= 11 is 0. The van der Waals surface area contributed by atoms with E-state index in [2.05, 4.69) is 6.58 Å². The van der Waals surface area contributed by atoms with Crippen molar-refractivity contribution in [2.45, 2.75) is 33.0 Å². The molecule has 0 bridgehead atoms. The van der Waals surface area contributed by atoms with Crippen LogP contribution < -0.4 is 0 Å². The van der Waals surface area contributed by atoms with Gasteiger partial charge in [0.15, 0.2) is 6.17 Å². The van der Waals surface area contributed by atoms with Crippen molar-refractivity contribution in [3.05, 3.63) is 34.7 Å². The normalized spacial score (nSPS) is 27.3. The van der Waals surface area contributed by atoms with Gasteiger partial charge >= 0.3 is 0 Å². The molecule has 0 aromatic heterocycles. The van der Waals surface area contributed by atoms with E-state index in [9.17, 15) is 8.78 Å². The summed E-state index contributed by atoms with van der Waals surface area (Å²) in [5.74, 6) is -0.732. The quantitative estimate of drug-likeness (QED) is 0.683. The van der Waals surface area contributed by atoms with E-state index in [1.807, 2.05) is 0 Å². The first-order valence-electron chi connectivity index (χ1n) is 4.82. The molecule has 3 heteroatoms. The van der Waals surface area contributed by atoms with Crippen LogP contribution in [0.1, 0.15) is 20.8 Å². The molecule has 2 atom stereocenters. The third kappa shape index (κ3) is 1.88. The smallest absolute Gasteiger partial charge is 0.182 e. The Morgan fingerprint density at radius 2 is 1.87 bits per heavy atom. The second kappa shape index (κ2) is 4.27. The van der Waals surface area contributed by atoms with Gasteiger partial charge in [-0.2, -0.15) is 0 Å². The van der Waals surface area contributed by atoms with Gasteiger partial charge in [0.1, 0.15) is 11.9 Å². The largest absolute Gasteiger partial charge is 0.373 e. The lowest BCUT2D eigenvalue weighted by atomic mass is 9.85. The van der Waals surface area contributed by atoms with Crippen molar-refractivity contribution in [1.29, 1.82) is 0 Å². The number of hydrogen-bond donors (Lipinski definition) is 0. The van der Waals surface area contributed by atoms with Gasteiger partial charge < -0.3 is 4.74 Å². The van der Waals surface area contributed by atoms with Crippen LogP contribution in [-0.2, 0) is 4.74 Å². The molecule has 1 nitrogen and oxygen atoms in total. The molecular formula is C12H16F2O.